The van der Waals surface area contributed by atoms with E-state index in [0.29, 0.717) is 11.3 Å². The summed E-state index contributed by atoms with van der Waals surface area (Å²) in [5.41, 5.74) is 3.71. The number of H-pyrrole nitrogens is 1. The number of fused-ring (bicyclic) bond motifs is 1. The summed E-state index contributed by atoms with van der Waals surface area (Å²) in [6.45, 7) is 3.63. The molecule has 0 fully saturated rings. The maximum atomic E-state index is 12.2. The van der Waals surface area contributed by atoms with Gasteiger partial charge in [0, 0.05) is 23.8 Å². The normalized spacial score (nSPS) is 10.8. The lowest BCUT2D eigenvalue weighted by Gasteiger charge is -2.05. The van der Waals surface area contributed by atoms with E-state index >= 15 is 0 Å². The third kappa shape index (κ3) is 1.97. The van der Waals surface area contributed by atoms with Crippen LogP contribution in [-0.2, 0) is 0 Å². The number of hydrogen-bond donors (Lipinski definition) is 2. The van der Waals surface area contributed by atoms with E-state index in [-0.39, 0.29) is 5.91 Å². The number of anilines is 1. The molecule has 2 N–H and O–H groups in total. The maximum Gasteiger partial charge on any atom is 0.259 e. The van der Waals surface area contributed by atoms with Crippen LogP contribution in [-0.4, -0.2) is 25.7 Å². The molecule has 0 radical (unpaired) electrons. The number of hydrogen-bond acceptors (Lipinski definition) is 3. The monoisotopic (exact) mass is 255 g/mol. The Balaban J connectivity index is 1.90. The van der Waals surface area contributed by atoms with E-state index < -0.39 is 0 Å². The summed E-state index contributed by atoms with van der Waals surface area (Å²) < 4.78 is 1.74. The lowest BCUT2D eigenvalue weighted by molar-refractivity contribution is 0.102. The van der Waals surface area contributed by atoms with Crippen LogP contribution < -0.4 is 5.32 Å². The first-order valence-corrected chi connectivity index (χ1v) is 5.91. The van der Waals surface area contributed by atoms with Crippen molar-refractivity contribution in [2.24, 2.45) is 0 Å². The Labute approximate surface area is 109 Å². The summed E-state index contributed by atoms with van der Waals surface area (Å²) in [5, 5.41) is 13.8. The van der Waals surface area contributed by atoms with E-state index in [1.165, 1.54) is 0 Å². The van der Waals surface area contributed by atoms with E-state index in [0.717, 1.165) is 16.9 Å². The molecule has 0 aromatic carbocycles. The van der Waals surface area contributed by atoms with Crippen molar-refractivity contribution < 1.29 is 4.79 Å². The standard InChI is InChI=1S/C13H13N5O/c1-8-12(9(2)17-16-8)13(19)15-10-4-6-18-11(7-10)3-5-14-18/h3-7H,1-2H3,(H,15,19)(H,16,17). The molecule has 3 rings (SSSR count). The van der Waals surface area contributed by atoms with Crippen molar-refractivity contribution in [2.45, 2.75) is 13.8 Å². The molecule has 6 nitrogen and oxygen atoms in total. The van der Waals surface area contributed by atoms with Gasteiger partial charge in [0.25, 0.3) is 5.91 Å². The number of nitrogens with zero attached hydrogens (tertiary/aromatic N) is 3. The first kappa shape index (κ1) is 11.5. The first-order valence-electron chi connectivity index (χ1n) is 5.91. The second-order valence-electron chi connectivity index (χ2n) is 4.38. The highest BCUT2D eigenvalue weighted by Gasteiger charge is 2.15. The second-order valence-corrected chi connectivity index (χ2v) is 4.38. The van der Waals surface area contributed by atoms with Gasteiger partial charge < -0.3 is 5.32 Å². The van der Waals surface area contributed by atoms with Crippen molar-refractivity contribution in [3.63, 3.8) is 0 Å². The fraction of sp³-hybridized carbons (Fsp3) is 0.154. The second kappa shape index (κ2) is 4.24. The third-order valence-corrected chi connectivity index (χ3v) is 3.01. The van der Waals surface area contributed by atoms with E-state index in [2.05, 4.69) is 20.6 Å². The largest absolute Gasteiger partial charge is 0.322 e. The van der Waals surface area contributed by atoms with Crippen LogP contribution in [0, 0.1) is 13.8 Å². The summed E-state index contributed by atoms with van der Waals surface area (Å²) in [6.07, 6.45) is 3.52. The summed E-state index contributed by atoms with van der Waals surface area (Å²) in [5.74, 6) is -0.160. The van der Waals surface area contributed by atoms with Crippen molar-refractivity contribution in [1.29, 1.82) is 0 Å². The Morgan fingerprint density at radius 2 is 2.21 bits per heavy atom. The molecule has 0 aliphatic rings. The summed E-state index contributed by atoms with van der Waals surface area (Å²) >= 11 is 0. The van der Waals surface area contributed by atoms with E-state index in [1.807, 2.05) is 25.1 Å². The highest BCUT2D eigenvalue weighted by atomic mass is 16.1. The number of amides is 1. The lowest BCUT2D eigenvalue weighted by atomic mass is 10.2. The first-order chi connectivity index (χ1) is 9.15. The fourth-order valence-electron chi connectivity index (χ4n) is 2.08. The molecule has 19 heavy (non-hydrogen) atoms. The average molecular weight is 255 g/mol. The SMILES string of the molecule is Cc1n[nH]c(C)c1C(=O)Nc1ccn2nccc2c1. The van der Waals surface area contributed by atoms with Crippen molar-refractivity contribution in [1.82, 2.24) is 19.8 Å². The van der Waals surface area contributed by atoms with E-state index in [1.54, 1.807) is 23.8 Å². The van der Waals surface area contributed by atoms with Gasteiger partial charge in [-0.15, -0.1) is 0 Å². The number of rotatable bonds is 2. The molecule has 0 aliphatic carbocycles. The van der Waals surface area contributed by atoms with Gasteiger partial charge in [-0.2, -0.15) is 10.2 Å². The van der Waals surface area contributed by atoms with Crippen LogP contribution in [0.25, 0.3) is 5.52 Å². The minimum atomic E-state index is -0.160. The van der Waals surface area contributed by atoms with Gasteiger partial charge >= 0.3 is 0 Å². The van der Waals surface area contributed by atoms with Gasteiger partial charge in [0.2, 0.25) is 0 Å². The molecular formula is C13H13N5O. The Kier molecular flexibility index (Phi) is 2.56. The van der Waals surface area contributed by atoms with Gasteiger partial charge in [-0.3, -0.25) is 9.89 Å². The molecule has 0 unspecified atom stereocenters. The molecular weight excluding hydrogens is 242 g/mol. The number of carbonyl (C=O) groups is 1. The zero-order chi connectivity index (χ0) is 13.4. The topological polar surface area (TPSA) is 75.1 Å². The molecule has 6 heteroatoms. The minimum absolute atomic E-state index is 0.160. The summed E-state index contributed by atoms with van der Waals surface area (Å²) in [4.78, 5) is 12.2. The molecule has 0 aliphatic heterocycles. The zero-order valence-corrected chi connectivity index (χ0v) is 10.6. The van der Waals surface area contributed by atoms with Crippen molar-refractivity contribution in [3.05, 3.63) is 47.5 Å². The Bertz CT molecular complexity index is 736. The molecule has 0 bridgehead atoms. The number of aryl methyl sites for hydroxylation is 2. The van der Waals surface area contributed by atoms with E-state index in [4.69, 9.17) is 0 Å². The number of nitrogens with one attached hydrogen (secondary N) is 2. The van der Waals surface area contributed by atoms with Crippen LogP contribution in [0.15, 0.2) is 30.6 Å². The van der Waals surface area contributed by atoms with Gasteiger partial charge in [0.05, 0.1) is 16.8 Å². The molecule has 3 aromatic heterocycles. The Hall–Kier alpha value is -2.63. The van der Waals surface area contributed by atoms with Crippen LogP contribution >= 0.6 is 0 Å². The molecule has 3 heterocycles. The summed E-state index contributed by atoms with van der Waals surface area (Å²) in [7, 11) is 0. The Morgan fingerprint density at radius 1 is 1.37 bits per heavy atom. The lowest BCUT2D eigenvalue weighted by Crippen LogP contribution is -2.13. The van der Waals surface area contributed by atoms with Crippen LogP contribution in [0.2, 0.25) is 0 Å². The zero-order valence-electron chi connectivity index (χ0n) is 10.6. The van der Waals surface area contributed by atoms with Crippen LogP contribution in [0.5, 0.6) is 0 Å². The highest BCUT2D eigenvalue weighted by Crippen LogP contribution is 2.15. The van der Waals surface area contributed by atoms with Crippen LogP contribution in [0.4, 0.5) is 5.69 Å². The Morgan fingerprint density at radius 3 is 2.95 bits per heavy atom. The number of aromatic nitrogens is 4. The molecule has 0 atom stereocenters. The predicted molar refractivity (Wildman–Crippen MR) is 71.2 cm³/mol. The fourth-order valence-corrected chi connectivity index (χ4v) is 2.08. The number of aromatic amines is 1. The molecule has 0 saturated heterocycles. The summed E-state index contributed by atoms with van der Waals surface area (Å²) in [6, 6.07) is 5.56. The molecule has 1 amide bonds. The van der Waals surface area contributed by atoms with Crippen LogP contribution in [0.3, 0.4) is 0 Å². The average Bonchev–Trinajstić information content (AvgIpc) is 2.95. The van der Waals surface area contributed by atoms with Gasteiger partial charge in [0.15, 0.2) is 0 Å². The third-order valence-electron chi connectivity index (χ3n) is 3.01. The van der Waals surface area contributed by atoms with Gasteiger partial charge in [0.1, 0.15) is 0 Å². The smallest absolute Gasteiger partial charge is 0.259 e. The minimum Gasteiger partial charge on any atom is -0.322 e. The van der Waals surface area contributed by atoms with Crippen molar-refractivity contribution >= 4 is 17.1 Å². The molecule has 96 valence electrons. The van der Waals surface area contributed by atoms with Gasteiger partial charge in [-0.05, 0) is 32.0 Å². The molecule has 0 spiro atoms. The predicted octanol–water partition coefficient (Wildman–Crippen LogP) is 1.93. The van der Waals surface area contributed by atoms with Crippen LogP contribution in [0.1, 0.15) is 21.7 Å². The van der Waals surface area contributed by atoms with Gasteiger partial charge in [-0.25, -0.2) is 4.52 Å². The van der Waals surface area contributed by atoms with Crippen molar-refractivity contribution in [2.75, 3.05) is 5.32 Å². The van der Waals surface area contributed by atoms with E-state index in [9.17, 15) is 4.79 Å². The quantitative estimate of drug-likeness (QED) is 0.734. The highest BCUT2D eigenvalue weighted by molar-refractivity contribution is 6.06. The molecule has 0 saturated carbocycles. The van der Waals surface area contributed by atoms with Crippen molar-refractivity contribution in [3.8, 4) is 0 Å². The number of carbonyl (C=O) groups excluding carboxylic acids is 1. The number of pyridine rings is 1. The van der Waals surface area contributed by atoms with Gasteiger partial charge in [-0.1, -0.05) is 0 Å². The molecule has 3 aromatic rings. The maximum absolute atomic E-state index is 12.2.